The lowest BCUT2D eigenvalue weighted by atomic mass is 10.1. The van der Waals surface area contributed by atoms with Crippen LogP contribution in [0.3, 0.4) is 0 Å². The maximum Gasteiger partial charge on any atom is 0.174 e. The van der Waals surface area contributed by atoms with Gasteiger partial charge in [0.1, 0.15) is 0 Å². The fraction of sp³-hybridized carbons (Fsp3) is 0.571. The molecular formula is C14H20BrNO2. The van der Waals surface area contributed by atoms with Crippen molar-refractivity contribution in [1.82, 2.24) is 0 Å². The molecule has 0 radical (unpaired) electrons. The van der Waals surface area contributed by atoms with E-state index in [0.29, 0.717) is 6.54 Å². The van der Waals surface area contributed by atoms with Crippen molar-refractivity contribution in [3.05, 3.63) is 22.2 Å². The van der Waals surface area contributed by atoms with Gasteiger partial charge in [0.05, 0.1) is 18.2 Å². The Morgan fingerprint density at radius 1 is 1.39 bits per heavy atom. The van der Waals surface area contributed by atoms with Crippen LogP contribution < -0.4 is 15.2 Å². The molecule has 0 spiro atoms. The van der Waals surface area contributed by atoms with Gasteiger partial charge in [-0.25, -0.2) is 0 Å². The van der Waals surface area contributed by atoms with Crippen molar-refractivity contribution in [2.75, 3.05) is 20.3 Å². The molecule has 0 aliphatic heterocycles. The number of aryl methyl sites for hydroxylation is 1. The van der Waals surface area contributed by atoms with Crippen molar-refractivity contribution in [3.63, 3.8) is 0 Å². The highest BCUT2D eigenvalue weighted by molar-refractivity contribution is 9.10. The first-order valence-electron chi connectivity index (χ1n) is 6.44. The number of halogens is 1. The van der Waals surface area contributed by atoms with Crippen LogP contribution in [0.1, 0.15) is 24.8 Å². The molecule has 0 saturated heterocycles. The number of hydrogen-bond acceptors (Lipinski definition) is 3. The van der Waals surface area contributed by atoms with E-state index in [9.17, 15) is 0 Å². The monoisotopic (exact) mass is 313 g/mol. The van der Waals surface area contributed by atoms with Gasteiger partial charge in [-0.1, -0.05) is 0 Å². The maximum absolute atomic E-state index is 5.87. The number of benzene rings is 1. The van der Waals surface area contributed by atoms with Crippen LogP contribution in [-0.2, 0) is 6.42 Å². The molecule has 3 nitrogen and oxygen atoms in total. The fourth-order valence-corrected chi connectivity index (χ4v) is 2.52. The summed E-state index contributed by atoms with van der Waals surface area (Å²) in [5, 5.41) is 0. The van der Waals surface area contributed by atoms with E-state index in [-0.39, 0.29) is 0 Å². The molecule has 0 heterocycles. The van der Waals surface area contributed by atoms with Crippen molar-refractivity contribution in [2.24, 2.45) is 11.7 Å². The Labute approximate surface area is 117 Å². The number of rotatable bonds is 7. The normalized spacial score (nSPS) is 14.6. The van der Waals surface area contributed by atoms with Crippen molar-refractivity contribution < 1.29 is 9.47 Å². The summed E-state index contributed by atoms with van der Waals surface area (Å²) in [6.45, 7) is 1.51. The van der Waals surface area contributed by atoms with Gasteiger partial charge in [0.2, 0.25) is 0 Å². The highest BCUT2D eigenvalue weighted by Gasteiger charge is 2.23. The maximum atomic E-state index is 5.87. The summed E-state index contributed by atoms with van der Waals surface area (Å²) in [4.78, 5) is 0. The topological polar surface area (TPSA) is 44.5 Å². The molecule has 0 aromatic heterocycles. The van der Waals surface area contributed by atoms with Gasteiger partial charge in [-0.05, 0) is 71.8 Å². The molecule has 0 unspecified atom stereocenters. The van der Waals surface area contributed by atoms with Crippen LogP contribution >= 0.6 is 15.9 Å². The summed E-state index contributed by atoms with van der Waals surface area (Å²) in [7, 11) is 1.67. The lowest BCUT2D eigenvalue weighted by molar-refractivity contribution is 0.279. The van der Waals surface area contributed by atoms with E-state index < -0.39 is 0 Å². The summed E-state index contributed by atoms with van der Waals surface area (Å²) >= 11 is 3.54. The van der Waals surface area contributed by atoms with Gasteiger partial charge < -0.3 is 15.2 Å². The van der Waals surface area contributed by atoms with Crippen LogP contribution in [0.25, 0.3) is 0 Å². The second kappa shape index (κ2) is 6.43. The minimum Gasteiger partial charge on any atom is -0.492 e. The van der Waals surface area contributed by atoms with E-state index in [2.05, 4.69) is 28.1 Å². The van der Waals surface area contributed by atoms with E-state index in [1.54, 1.807) is 7.11 Å². The Bertz CT molecular complexity index is 405. The van der Waals surface area contributed by atoms with Gasteiger partial charge in [-0.2, -0.15) is 0 Å². The second-order valence-electron chi connectivity index (χ2n) is 4.76. The van der Waals surface area contributed by atoms with Crippen LogP contribution in [-0.4, -0.2) is 20.3 Å². The predicted octanol–water partition coefficient (Wildman–Crippen LogP) is 3.14. The van der Waals surface area contributed by atoms with Gasteiger partial charge in [0.25, 0.3) is 0 Å². The first-order chi connectivity index (χ1) is 8.74. The van der Waals surface area contributed by atoms with Gasteiger partial charge >= 0.3 is 0 Å². The van der Waals surface area contributed by atoms with Gasteiger partial charge in [-0.3, -0.25) is 0 Å². The van der Waals surface area contributed by atoms with E-state index in [0.717, 1.165) is 41.3 Å². The van der Waals surface area contributed by atoms with E-state index >= 15 is 0 Å². The Morgan fingerprint density at radius 3 is 2.78 bits per heavy atom. The molecule has 2 rings (SSSR count). The molecule has 0 amide bonds. The molecule has 100 valence electrons. The zero-order valence-electron chi connectivity index (χ0n) is 10.7. The Hall–Kier alpha value is -0.740. The molecule has 1 aromatic rings. The Morgan fingerprint density at radius 2 is 2.17 bits per heavy atom. The lowest BCUT2D eigenvalue weighted by Gasteiger charge is -2.14. The Balaban J connectivity index is 2.12. The Kier molecular flexibility index (Phi) is 4.89. The van der Waals surface area contributed by atoms with E-state index in [1.807, 2.05) is 0 Å². The average Bonchev–Trinajstić information content (AvgIpc) is 3.17. The van der Waals surface area contributed by atoms with Crippen molar-refractivity contribution in [1.29, 1.82) is 0 Å². The van der Waals surface area contributed by atoms with Crippen molar-refractivity contribution in [2.45, 2.75) is 25.7 Å². The summed E-state index contributed by atoms with van der Waals surface area (Å²) in [6, 6.07) is 4.15. The van der Waals surface area contributed by atoms with Crippen LogP contribution in [0.5, 0.6) is 11.5 Å². The summed E-state index contributed by atoms with van der Waals surface area (Å²) in [5.74, 6) is 2.36. The molecule has 18 heavy (non-hydrogen) atoms. The third kappa shape index (κ3) is 3.62. The first kappa shape index (κ1) is 13.7. The first-order valence-corrected chi connectivity index (χ1v) is 7.23. The van der Waals surface area contributed by atoms with Crippen molar-refractivity contribution in [3.8, 4) is 11.5 Å². The molecule has 1 aliphatic carbocycles. The average molecular weight is 314 g/mol. The van der Waals surface area contributed by atoms with Crippen LogP contribution in [0, 0.1) is 5.92 Å². The zero-order valence-corrected chi connectivity index (χ0v) is 12.3. The molecular weight excluding hydrogens is 294 g/mol. The molecule has 1 aromatic carbocycles. The number of nitrogens with two attached hydrogens (primary N) is 1. The summed E-state index contributed by atoms with van der Waals surface area (Å²) in [6.07, 6.45) is 4.53. The highest BCUT2D eigenvalue weighted by atomic mass is 79.9. The van der Waals surface area contributed by atoms with Crippen LogP contribution in [0.15, 0.2) is 16.6 Å². The second-order valence-corrected chi connectivity index (χ2v) is 5.61. The van der Waals surface area contributed by atoms with E-state index in [4.69, 9.17) is 15.2 Å². The molecule has 4 heteroatoms. The van der Waals surface area contributed by atoms with Crippen LogP contribution in [0.2, 0.25) is 0 Å². The molecule has 0 atom stereocenters. The predicted molar refractivity (Wildman–Crippen MR) is 76.3 cm³/mol. The molecule has 1 fully saturated rings. The van der Waals surface area contributed by atoms with Crippen molar-refractivity contribution >= 4 is 15.9 Å². The molecule has 1 aliphatic rings. The van der Waals surface area contributed by atoms with E-state index in [1.165, 1.54) is 18.4 Å². The fourth-order valence-electron chi connectivity index (χ4n) is 1.87. The van der Waals surface area contributed by atoms with Gasteiger partial charge in [0, 0.05) is 0 Å². The number of ether oxygens (including phenoxy) is 2. The quantitative estimate of drug-likeness (QED) is 0.841. The standard InChI is InChI=1S/C14H20BrNO2/c1-17-14-12(15)7-11(3-2-6-16)8-13(14)18-9-10-4-5-10/h7-8,10H,2-6,9,16H2,1H3. The third-order valence-electron chi connectivity index (χ3n) is 3.11. The highest BCUT2D eigenvalue weighted by Crippen LogP contribution is 2.38. The number of methoxy groups -OCH3 is 1. The summed E-state index contributed by atoms with van der Waals surface area (Å²) < 4.78 is 12.2. The number of hydrogen-bond donors (Lipinski definition) is 1. The zero-order chi connectivity index (χ0) is 13.0. The van der Waals surface area contributed by atoms with Gasteiger partial charge in [-0.15, -0.1) is 0 Å². The SMILES string of the molecule is COc1c(Br)cc(CCCN)cc1OCC1CC1. The van der Waals surface area contributed by atoms with Gasteiger partial charge in [0.15, 0.2) is 11.5 Å². The molecule has 1 saturated carbocycles. The largest absolute Gasteiger partial charge is 0.492 e. The molecule has 2 N–H and O–H groups in total. The summed E-state index contributed by atoms with van der Waals surface area (Å²) in [5.41, 5.74) is 6.78. The lowest BCUT2D eigenvalue weighted by Crippen LogP contribution is -2.04. The van der Waals surface area contributed by atoms with Crippen LogP contribution in [0.4, 0.5) is 0 Å². The third-order valence-corrected chi connectivity index (χ3v) is 3.70. The molecule has 0 bridgehead atoms. The smallest absolute Gasteiger partial charge is 0.174 e. The minimum atomic E-state index is 0.710. The minimum absolute atomic E-state index is 0.710.